The largest absolute Gasteiger partial charge is 0.350 e. The molecular formula is C9H14N2OS. The maximum atomic E-state index is 11.1. The number of rotatable bonds is 3. The Bertz CT molecular complexity index is 294. The first kappa shape index (κ1) is 10.2. The average Bonchev–Trinajstić information content (AvgIpc) is 2.47. The number of hydrogen-bond donors (Lipinski definition) is 2. The molecule has 1 aromatic rings. The smallest absolute Gasteiger partial charge is 0.236 e. The van der Waals surface area contributed by atoms with Crippen LogP contribution in [0.15, 0.2) is 11.4 Å². The number of amides is 1. The van der Waals surface area contributed by atoms with Crippen LogP contribution in [0.5, 0.6) is 0 Å². The molecule has 0 aliphatic rings. The Morgan fingerprint density at radius 2 is 2.46 bits per heavy atom. The molecule has 0 aromatic carbocycles. The number of carbonyl (C=O) groups is 1. The van der Waals surface area contributed by atoms with Gasteiger partial charge in [-0.1, -0.05) is 0 Å². The van der Waals surface area contributed by atoms with Crippen molar-refractivity contribution in [3.63, 3.8) is 0 Å². The van der Waals surface area contributed by atoms with Crippen LogP contribution in [0.1, 0.15) is 17.4 Å². The lowest BCUT2D eigenvalue weighted by Crippen LogP contribution is -2.37. The van der Waals surface area contributed by atoms with E-state index in [9.17, 15) is 4.79 Å². The standard InChI is InChI=1S/C9H14N2OS/c1-6-3-8(13-5-6)4-11-9(12)7(2)10/h3,5,7H,4,10H2,1-2H3,(H,11,12)/t7-/m0/s1. The van der Waals surface area contributed by atoms with Crippen molar-refractivity contribution < 1.29 is 4.79 Å². The van der Waals surface area contributed by atoms with E-state index in [1.165, 1.54) is 5.56 Å². The molecule has 0 saturated heterocycles. The highest BCUT2D eigenvalue weighted by Gasteiger charge is 2.06. The van der Waals surface area contributed by atoms with Crippen LogP contribution < -0.4 is 11.1 Å². The Hall–Kier alpha value is -0.870. The number of aryl methyl sites for hydroxylation is 1. The van der Waals surface area contributed by atoms with Crippen LogP contribution in [0.25, 0.3) is 0 Å². The summed E-state index contributed by atoms with van der Waals surface area (Å²) < 4.78 is 0. The SMILES string of the molecule is Cc1csc(CNC(=O)[C@H](C)N)c1. The summed E-state index contributed by atoms with van der Waals surface area (Å²) in [6.07, 6.45) is 0. The molecule has 1 amide bonds. The molecule has 0 unspecified atom stereocenters. The second kappa shape index (κ2) is 4.39. The second-order valence-corrected chi connectivity index (χ2v) is 4.09. The van der Waals surface area contributed by atoms with Gasteiger partial charge in [-0.15, -0.1) is 11.3 Å². The van der Waals surface area contributed by atoms with Gasteiger partial charge in [0.25, 0.3) is 0 Å². The molecule has 0 radical (unpaired) electrons. The van der Waals surface area contributed by atoms with Crippen molar-refractivity contribution in [2.75, 3.05) is 0 Å². The van der Waals surface area contributed by atoms with Gasteiger partial charge in [-0.25, -0.2) is 0 Å². The van der Waals surface area contributed by atoms with E-state index in [2.05, 4.69) is 16.8 Å². The molecule has 13 heavy (non-hydrogen) atoms. The van der Waals surface area contributed by atoms with E-state index in [1.807, 2.05) is 6.92 Å². The predicted molar refractivity (Wildman–Crippen MR) is 54.6 cm³/mol. The minimum absolute atomic E-state index is 0.106. The normalized spacial score (nSPS) is 12.5. The fraction of sp³-hybridized carbons (Fsp3) is 0.444. The van der Waals surface area contributed by atoms with Crippen molar-refractivity contribution in [3.05, 3.63) is 21.9 Å². The lowest BCUT2D eigenvalue weighted by molar-refractivity contribution is -0.122. The molecule has 1 aromatic heterocycles. The Kier molecular flexibility index (Phi) is 3.45. The van der Waals surface area contributed by atoms with E-state index in [1.54, 1.807) is 18.3 Å². The average molecular weight is 198 g/mol. The summed E-state index contributed by atoms with van der Waals surface area (Å²) in [7, 11) is 0. The van der Waals surface area contributed by atoms with Crippen molar-refractivity contribution in [2.24, 2.45) is 5.73 Å². The summed E-state index contributed by atoms with van der Waals surface area (Å²) in [5.74, 6) is -0.106. The molecule has 72 valence electrons. The van der Waals surface area contributed by atoms with Gasteiger partial charge in [0.15, 0.2) is 0 Å². The number of carbonyl (C=O) groups excluding carboxylic acids is 1. The van der Waals surface area contributed by atoms with E-state index in [0.29, 0.717) is 6.54 Å². The van der Waals surface area contributed by atoms with Crippen LogP contribution in [0, 0.1) is 6.92 Å². The molecule has 1 rings (SSSR count). The Balaban J connectivity index is 2.39. The summed E-state index contributed by atoms with van der Waals surface area (Å²) in [4.78, 5) is 12.3. The first-order valence-corrected chi connectivity index (χ1v) is 5.05. The zero-order chi connectivity index (χ0) is 9.84. The highest BCUT2D eigenvalue weighted by Crippen LogP contribution is 2.12. The lowest BCUT2D eigenvalue weighted by Gasteiger charge is -2.05. The maximum Gasteiger partial charge on any atom is 0.236 e. The number of nitrogens with one attached hydrogen (secondary N) is 1. The second-order valence-electron chi connectivity index (χ2n) is 3.10. The number of nitrogens with two attached hydrogens (primary N) is 1. The predicted octanol–water partition coefficient (Wildman–Crippen LogP) is 1.02. The molecule has 1 heterocycles. The van der Waals surface area contributed by atoms with Crippen molar-refractivity contribution in [2.45, 2.75) is 26.4 Å². The van der Waals surface area contributed by atoms with E-state index in [-0.39, 0.29) is 5.91 Å². The fourth-order valence-corrected chi connectivity index (χ4v) is 1.73. The molecule has 3 N–H and O–H groups in total. The third-order valence-corrected chi connectivity index (χ3v) is 2.69. The molecule has 0 spiro atoms. The lowest BCUT2D eigenvalue weighted by atomic mass is 10.3. The van der Waals surface area contributed by atoms with E-state index in [0.717, 1.165) is 4.88 Å². The van der Waals surface area contributed by atoms with Crippen LogP contribution in [0.3, 0.4) is 0 Å². The van der Waals surface area contributed by atoms with Crippen LogP contribution in [-0.2, 0) is 11.3 Å². The fourth-order valence-electron chi connectivity index (χ4n) is 0.919. The molecular weight excluding hydrogens is 184 g/mol. The molecule has 4 heteroatoms. The minimum atomic E-state index is -0.430. The van der Waals surface area contributed by atoms with Gasteiger partial charge in [-0.2, -0.15) is 0 Å². The monoisotopic (exact) mass is 198 g/mol. The first-order valence-electron chi connectivity index (χ1n) is 4.17. The highest BCUT2D eigenvalue weighted by molar-refractivity contribution is 7.10. The van der Waals surface area contributed by atoms with Crippen molar-refractivity contribution in [3.8, 4) is 0 Å². The van der Waals surface area contributed by atoms with Crippen LogP contribution >= 0.6 is 11.3 Å². The number of thiophene rings is 1. The molecule has 1 atom stereocenters. The van der Waals surface area contributed by atoms with Gasteiger partial charge < -0.3 is 11.1 Å². The Morgan fingerprint density at radius 1 is 1.77 bits per heavy atom. The van der Waals surface area contributed by atoms with Gasteiger partial charge in [0.05, 0.1) is 12.6 Å². The summed E-state index contributed by atoms with van der Waals surface area (Å²) in [5.41, 5.74) is 6.63. The topological polar surface area (TPSA) is 55.1 Å². The Labute approximate surface area is 81.9 Å². The summed E-state index contributed by atoms with van der Waals surface area (Å²) >= 11 is 1.65. The number of hydrogen-bond acceptors (Lipinski definition) is 3. The van der Waals surface area contributed by atoms with E-state index < -0.39 is 6.04 Å². The van der Waals surface area contributed by atoms with Crippen molar-refractivity contribution in [1.82, 2.24) is 5.32 Å². The minimum Gasteiger partial charge on any atom is -0.350 e. The van der Waals surface area contributed by atoms with Gasteiger partial charge in [-0.3, -0.25) is 4.79 Å². The molecule has 0 bridgehead atoms. The van der Waals surface area contributed by atoms with Gasteiger partial charge in [0.2, 0.25) is 5.91 Å². The third kappa shape index (κ3) is 3.16. The summed E-state index contributed by atoms with van der Waals surface area (Å²) in [5, 5.41) is 4.82. The van der Waals surface area contributed by atoms with Crippen LogP contribution in [-0.4, -0.2) is 11.9 Å². The molecule has 3 nitrogen and oxygen atoms in total. The van der Waals surface area contributed by atoms with Gasteiger partial charge >= 0.3 is 0 Å². The Morgan fingerprint density at radius 3 is 2.92 bits per heavy atom. The molecule has 0 fully saturated rings. The maximum absolute atomic E-state index is 11.1. The van der Waals surface area contributed by atoms with E-state index in [4.69, 9.17) is 5.73 Å². The van der Waals surface area contributed by atoms with Gasteiger partial charge in [0.1, 0.15) is 0 Å². The van der Waals surface area contributed by atoms with Crippen LogP contribution in [0.4, 0.5) is 0 Å². The van der Waals surface area contributed by atoms with Gasteiger partial charge in [-0.05, 0) is 30.9 Å². The summed E-state index contributed by atoms with van der Waals surface area (Å²) in [6, 6.07) is 1.63. The first-order chi connectivity index (χ1) is 6.09. The third-order valence-electron chi connectivity index (χ3n) is 1.64. The molecule has 0 saturated carbocycles. The molecule has 0 aliphatic heterocycles. The summed E-state index contributed by atoms with van der Waals surface area (Å²) in [6.45, 7) is 4.29. The zero-order valence-corrected chi connectivity index (χ0v) is 8.65. The zero-order valence-electron chi connectivity index (χ0n) is 7.83. The van der Waals surface area contributed by atoms with Crippen molar-refractivity contribution >= 4 is 17.2 Å². The quantitative estimate of drug-likeness (QED) is 0.762. The van der Waals surface area contributed by atoms with E-state index >= 15 is 0 Å². The highest BCUT2D eigenvalue weighted by atomic mass is 32.1. The van der Waals surface area contributed by atoms with Gasteiger partial charge in [0, 0.05) is 4.88 Å². The molecule has 0 aliphatic carbocycles. The van der Waals surface area contributed by atoms with Crippen molar-refractivity contribution in [1.29, 1.82) is 0 Å². The van der Waals surface area contributed by atoms with Crippen LogP contribution in [0.2, 0.25) is 0 Å².